The van der Waals surface area contributed by atoms with Crippen molar-refractivity contribution in [1.82, 2.24) is 9.88 Å². The number of ether oxygens (including phenoxy) is 3. The van der Waals surface area contributed by atoms with E-state index in [1.54, 1.807) is 19.1 Å². The van der Waals surface area contributed by atoms with E-state index in [4.69, 9.17) is 14.2 Å². The molecule has 2 heterocycles. The lowest BCUT2D eigenvalue weighted by molar-refractivity contribution is -0.141. The topological polar surface area (TPSA) is 78.0 Å². The lowest BCUT2D eigenvalue weighted by Gasteiger charge is -2.37. The van der Waals surface area contributed by atoms with Gasteiger partial charge in [-0.1, -0.05) is 30.3 Å². The van der Waals surface area contributed by atoms with Crippen molar-refractivity contribution in [2.75, 3.05) is 27.9 Å². The highest BCUT2D eigenvalue weighted by Crippen LogP contribution is 2.41. The molecular formula is C25H26N2O5S. The van der Waals surface area contributed by atoms with Gasteiger partial charge in [0.2, 0.25) is 0 Å². The van der Waals surface area contributed by atoms with Crippen LogP contribution in [0.15, 0.2) is 42.5 Å². The lowest BCUT2D eigenvalue weighted by atomic mass is 9.89. The predicted molar refractivity (Wildman–Crippen MR) is 126 cm³/mol. The van der Waals surface area contributed by atoms with Crippen molar-refractivity contribution in [1.29, 1.82) is 0 Å². The zero-order chi connectivity index (χ0) is 23.5. The van der Waals surface area contributed by atoms with Gasteiger partial charge in [0, 0.05) is 12.1 Å². The van der Waals surface area contributed by atoms with Gasteiger partial charge in [0.1, 0.15) is 9.88 Å². The number of nitrogens with zero attached hydrogens (tertiary/aromatic N) is 2. The highest BCUT2D eigenvalue weighted by atomic mass is 32.1. The van der Waals surface area contributed by atoms with E-state index in [1.165, 1.54) is 18.4 Å². The summed E-state index contributed by atoms with van der Waals surface area (Å²) < 4.78 is 15.9. The monoisotopic (exact) mass is 466 g/mol. The van der Waals surface area contributed by atoms with E-state index in [9.17, 15) is 9.59 Å². The second-order valence-electron chi connectivity index (χ2n) is 7.75. The Bertz CT molecular complexity index is 1180. The quantitative estimate of drug-likeness (QED) is 0.500. The standard InChI is InChI=1S/C25H26N2O5S/c1-15-23(33-24(26-15)16-8-6-5-7-9-16)25(29)27-11-10-17-12-20(30-2)21(31-3)13-18(17)19(27)14-22(28)32-4/h5-9,12-13,19H,10-11,14H2,1-4H3. The van der Waals surface area contributed by atoms with E-state index in [2.05, 4.69) is 4.98 Å². The van der Waals surface area contributed by atoms with E-state index < -0.39 is 6.04 Å². The van der Waals surface area contributed by atoms with Crippen LogP contribution in [0.3, 0.4) is 0 Å². The molecule has 8 heteroatoms. The Labute approximate surface area is 196 Å². The first-order valence-corrected chi connectivity index (χ1v) is 11.4. The number of hydrogen-bond acceptors (Lipinski definition) is 7. The van der Waals surface area contributed by atoms with Gasteiger partial charge in [-0.2, -0.15) is 0 Å². The number of carbonyl (C=O) groups is 2. The zero-order valence-corrected chi connectivity index (χ0v) is 19.9. The molecule has 0 N–H and O–H groups in total. The van der Waals surface area contributed by atoms with Crippen molar-refractivity contribution in [3.63, 3.8) is 0 Å². The molecule has 1 unspecified atom stereocenters. The van der Waals surface area contributed by atoms with Gasteiger partial charge in [-0.05, 0) is 36.6 Å². The molecule has 2 aromatic carbocycles. The molecule has 0 saturated heterocycles. The van der Waals surface area contributed by atoms with E-state index >= 15 is 0 Å². The highest BCUT2D eigenvalue weighted by Gasteiger charge is 2.35. The third kappa shape index (κ3) is 4.43. The number of methoxy groups -OCH3 is 3. The summed E-state index contributed by atoms with van der Waals surface area (Å²) in [6.45, 7) is 2.32. The number of benzene rings is 2. The molecule has 172 valence electrons. The average molecular weight is 467 g/mol. The first-order valence-electron chi connectivity index (χ1n) is 10.6. The summed E-state index contributed by atoms with van der Waals surface area (Å²) in [7, 11) is 4.51. The van der Waals surface area contributed by atoms with Gasteiger partial charge >= 0.3 is 5.97 Å². The molecule has 0 spiro atoms. The summed E-state index contributed by atoms with van der Waals surface area (Å²) >= 11 is 1.37. The van der Waals surface area contributed by atoms with Gasteiger partial charge in [0.15, 0.2) is 11.5 Å². The van der Waals surface area contributed by atoms with Gasteiger partial charge in [-0.15, -0.1) is 11.3 Å². The van der Waals surface area contributed by atoms with Crippen molar-refractivity contribution in [3.8, 4) is 22.1 Å². The molecule has 7 nitrogen and oxygen atoms in total. The maximum absolute atomic E-state index is 13.7. The Morgan fingerprint density at radius 1 is 1.09 bits per heavy atom. The number of thiazole rings is 1. The first kappa shape index (κ1) is 22.8. The third-order valence-electron chi connectivity index (χ3n) is 5.86. The molecule has 1 amide bonds. The minimum absolute atomic E-state index is 0.0497. The fourth-order valence-electron chi connectivity index (χ4n) is 4.16. The molecule has 0 fully saturated rings. The maximum atomic E-state index is 13.7. The number of amides is 1. The summed E-state index contributed by atoms with van der Waals surface area (Å²) in [5, 5.41) is 0.796. The SMILES string of the molecule is COC(=O)CC1c2cc(OC)c(OC)cc2CCN1C(=O)c1sc(-c2ccccc2)nc1C. The normalized spacial score (nSPS) is 15.0. The van der Waals surface area contributed by atoms with Crippen LogP contribution in [0.5, 0.6) is 11.5 Å². The van der Waals surface area contributed by atoms with E-state index in [1.807, 2.05) is 49.4 Å². The summed E-state index contributed by atoms with van der Waals surface area (Å²) in [5.74, 6) is 0.660. The van der Waals surface area contributed by atoms with Gasteiger partial charge in [0.05, 0.1) is 39.5 Å². The van der Waals surface area contributed by atoms with Crippen molar-refractivity contribution in [2.24, 2.45) is 0 Å². The van der Waals surface area contributed by atoms with Crippen LogP contribution in [-0.2, 0) is 16.0 Å². The molecule has 1 aromatic heterocycles. The summed E-state index contributed by atoms with van der Waals surface area (Å²) in [5.41, 5.74) is 3.54. The van der Waals surface area contributed by atoms with Crippen molar-refractivity contribution >= 4 is 23.2 Å². The smallest absolute Gasteiger partial charge is 0.307 e. The van der Waals surface area contributed by atoms with Crippen LogP contribution >= 0.6 is 11.3 Å². The fraction of sp³-hybridized carbons (Fsp3) is 0.320. The van der Waals surface area contributed by atoms with Crippen LogP contribution in [0.4, 0.5) is 0 Å². The van der Waals surface area contributed by atoms with Crippen molar-refractivity contribution < 1.29 is 23.8 Å². The van der Waals surface area contributed by atoms with E-state index in [-0.39, 0.29) is 18.3 Å². The van der Waals surface area contributed by atoms with Crippen molar-refractivity contribution in [2.45, 2.75) is 25.8 Å². The number of hydrogen-bond donors (Lipinski definition) is 0. The minimum atomic E-state index is -0.477. The van der Waals surface area contributed by atoms with Gasteiger partial charge in [0.25, 0.3) is 5.91 Å². The zero-order valence-electron chi connectivity index (χ0n) is 19.1. The molecule has 0 radical (unpaired) electrons. The molecule has 0 saturated carbocycles. The molecule has 1 aliphatic rings. The number of rotatable bonds is 6. The number of esters is 1. The van der Waals surface area contributed by atoms with Crippen LogP contribution in [0.25, 0.3) is 10.6 Å². The van der Waals surface area contributed by atoms with Crippen LogP contribution in [-0.4, -0.2) is 49.6 Å². The average Bonchev–Trinajstić information content (AvgIpc) is 3.24. The molecule has 1 atom stereocenters. The Morgan fingerprint density at radius 2 is 1.79 bits per heavy atom. The van der Waals surface area contributed by atoms with Gasteiger partial charge in [-0.25, -0.2) is 4.98 Å². The van der Waals surface area contributed by atoms with Crippen molar-refractivity contribution in [3.05, 3.63) is 64.2 Å². The molecule has 4 rings (SSSR count). The summed E-state index contributed by atoms with van der Waals surface area (Å²) in [4.78, 5) is 33.0. The number of carbonyl (C=O) groups excluding carboxylic acids is 2. The fourth-order valence-corrected chi connectivity index (χ4v) is 5.19. The van der Waals surface area contributed by atoms with Gasteiger partial charge in [-0.3, -0.25) is 9.59 Å². The summed E-state index contributed by atoms with van der Waals surface area (Å²) in [6, 6.07) is 13.1. The summed E-state index contributed by atoms with van der Waals surface area (Å²) in [6.07, 6.45) is 0.691. The molecule has 0 aliphatic carbocycles. The van der Waals surface area contributed by atoms with Gasteiger partial charge < -0.3 is 19.1 Å². The lowest BCUT2D eigenvalue weighted by Crippen LogP contribution is -2.41. The third-order valence-corrected chi connectivity index (χ3v) is 7.06. The minimum Gasteiger partial charge on any atom is -0.493 e. The van der Waals surface area contributed by atoms with Crippen LogP contribution < -0.4 is 9.47 Å². The largest absolute Gasteiger partial charge is 0.493 e. The van der Waals surface area contributed by atoms with Crippen LogP contribution in [0, 0.1) is 6.92 Å². The number of aromatic nitrogens is 1. The van der Waals surface area contributed by atoms with E-state index in [0.29, 0.717) is 35.0 Å². The second-order valence-corrected chi connectivity index (χ2v) is 8.75. The Morgan fingerprint density at radius 3 is 2.45 bits per heavy atom. The first-order chi connectivity index (χ1) is 16.0. The molecule has 33 heavy (non-hydrogen) atoms. The van der Waals surface area contributed by atoms with Crippen LogP contribution in [0.1, 0.15) is 39.0 Å². The highest BCUT2D eigenvalue weighted by molar-refractivity contribution is 7.17. The Balaban J connectivity index is 1.73. The molecule has 1 aliphatic heterocycles. The maximum Gasteiger partial charge on any atom is 0.307 e. The van der Waals surface area contributed by atoms with E-state index in [0.717, 1.165) is 21.7 Å². The Hall–Kier alpha value is -3.39. The number of aryl methyl sites for hydroxylation is 1. The molecule has 3 aromatic rings. The second kappa shape index (κ2) is 9.62. The number of fused-ring (bicyclic) bond motifs is 1. The van der Waals surface area contributed by atoms with Crippen LogP contribution in [0.2, 0.25) is 0 Å². The molecular weight excluding hydrogens is 440 g/mol. The Kier molecular flexibility index (Phi) is 6.65. The molecule has 0 bridgehead atoms. The predicted octanol–water partition coefficient (Wildman–Crippen LogP) is 4.44.